The summed E-state index contributed by atoms with van der Waals surface area (Å²) in [6.45, 7) is 9.28. The average molecular weight is 304 g/mol. The summed E-state index contributed by atoms with van der Waals surface area (Å²) in [5, 5.41) is 8.25. The van der Waals surface area contributed by atoms with E-state index in [2.05, 4.69) is 36.1 Å². The standard InChI is InChI=1S/C17H28N4O/c1-11(2)10-21-15(14-12(3)19-20(5)13(14)4)18-17(16(21)22)8-6-7-9-17/h11,15,18H,6-10H2,1-5H3/t15-/m0/s1. The lowest BCUT2D eigenvalue weighted by Gasteiger charge is -2.26. The van der Waals surface area contributed by atoms with Crippen molar-refractivity contribution < 1.29 is 4.79 Å². The number of aryl methyl sites for hydroxylation is 2. The van der Waals surface area contributed by atoms with Crippen molar-refractivity contribution in [1.82, 2.24) is 20.0 Å². The molecule has 22 heavy (non-hydrogen) atoms. The van der Waals surface area contributed by atoms with E-state index in [9.17, 15) is 4.79 Å². The number of hydrogen-bond acceptors (Lipinski definition) is 3. The zero-order valence-corrected chi connectivity index (χ0v) is 14.4. The van der Waals surface area contributed by atoms with E-state index in [1.807, 2.05) is 18.7 Å². The predicted octanol–water partition coefficient (Wildman–Crippen LogP) is 2.44. The molecule has 0 unspecified atom stereocenters. The van der Waals surface area contributed by atoms with Crippen molar-refractivity contribution in [1.29, 1.82) is 0 Å². The maximum absolute atomic E-state index is 13.1. The first-order valence-corrected chi connectivity index (χ1v) is 8.44. The zero-order valence-electron chi connectivity index (χ0n) is 14.4. The molecule has 0 aromatic carbocycles. The summed E-state index contributed by atoms with van der Waals surface area (Å²) < 4.78 is 1.92. The quantitative estimate of drug-likeness (QED) is 0.933. The molecule has 1 amide bonds. The van der Waals surface area contributed by atoms with Crippen LogP contribution in [0.1, 0.15) is 62.6 Å². The minimum absolute atomic E-state index is 0.0262. The number of amides is 1. The number of rotatable bonds is 3. The lowest BCUT2D eigenvalue weighted by Crippen LogP contribution is -2.44. The number of carbonyl (C=O) groups excluding carboxylic acids is 1. The van der Waals surface area contributed by atoms with Gasteiger partial charge in [-0.15, -0.1) is 0 Å². The molecule has 1 saturated carbocycles. The van der Waals surface area contributed by atoms with Gasteiger partial charge in [-0.2, -0.15) is 5.10 Å². The Morgan fingerprint density at radius 1 is 1.32 bits per heavy atom. The largest absolute Gasteiger partial charge is 0.321 e. The number of aromatic nitrogens is 2. The van der Waals surface area contributed by atoms with Gasteiger partial charge in [0.15, 0.2) is 0 Å². The molecule has 1 aliphatic heterocycles. The molecule has 1 N–H and O–H groups in total. The topological polar surface area (TPSA) is 50.2 Å². The molecule has 1 spiro atoms. The van der Waals surface area contributed by atoms with E-state index < -0.39 is 0 Å². The number of hydrogen-bond donors (Lipinski definition) is 1. The van der Waals surface area contributed by atoms with Gasteiger partial charge < -0.3 is 4.90 Å². The molecule has 5 nitrogen and oxygen atoms in total. The monoisotopic (exact) mass is 304 g/mol. The van der Waals surface area contributed by atoms with Crippen molar-refractivity contribution in [2.75, 3.05) is 6.54 Å². The summed E-state index contributed by atoms with van der Waals surface area (Å²) in [4.78, 5) is 15.2. The van der Waals surface area contributed by atoms with Gasteiger partial charge in [-0.25, -0.2) is 0 Å². The van der Waals surface area contributed by atoms with E-state index in [0.717, 1.165) is 43.6 Å². The fourth-order valence-corrected chi connectivity index (χ4v) is 4.13. The molecular formula is C17H28N4O. The molecule has 3 rings (SSSR count). The Morgan fingerprint density at radius 2 is 1.95 bits per heavy atom. The van der Waals surface area contributed by atoms with Gasteiger partial charge in [0.1, 0.15) is 6.17 Å². The third-order valence-corrected chi connectivity index (χ3v) is 5.25. The van der Waals surface area contributed by atoms with E-state index in [4.69, 9.17) is 0 Å². The van der Waals surface area contributed by atoms with Crippen LogP contribution < -0.4 is 5.32 Å². The van der Waals surface area contributed by atoms with Crippen LogP contribution in [0.25, 0.3) is 0 Å². The summed E-state index contributed by atoms with van der Waals surface area (Å²) >= 11 is 0. The van der Waals surface area contributed by atoms with Crippen molar-refractivity contribution >= 4 is 5.91 Å². The van der Waals surface area contributed by atoms with Crippen molar-refractivity contribution in [3.05, 3.63) is 17.0 Å². The van der Waals surface area contributed by atoms with Crippen LogP contribution in [-0.2, 0) is 11.8 Å². The fourth-order valence-electron chi connectivity index (χ4n) is 4.13. The second-order valence-corrected chi connectivity index (χ2v) is 7.40. The van der Waals surface area contributed by atoms with E-state index >= 15 is 0 Å². The SMILES string of the molecule is Cc1nn(C)c(C)c1[C@H]1NC2(CCCC2)C(=O)N1CC(C)C. The lowest BCUT2D eigenvalue weighted by molar-refractivity contribution is -0.133. The minimum atomic E-state index is -0.325. The molecular weight excluding hydrogens is 276 g/mol. The third-order valence-electron chi connectivity index (χ3n) is 5.25. The molecule has 1 aliphatic carbocycles. The van der Waals surface area contributed by atoms with E-state index in [0.29, 0.717) is 11.8 Å². The molecule has 0 bridgehead atoms. The van der Waals surface area contributed by atoms with Crippen molar-refractivity contribution in [2.45, 2.75) is 65.1 Å². The van der Waals surface area contributed by atoms with Gasteiger partial charge in [0, 0.05) is 24.8 Å². The smallest absolute Gasteiger partial charge is 0.244 e. The highest BCUT2D eigenvalue weighted by Crippen LogP contribution is 2.42. The second kappa shape index (κ2) is 5.37. The van der Waals surface area contributed by atoms with Gasteiger partial charge in [-0.3, -0.25) is 14.8 Å². The molecule has 2 fully saturated rings. The summed E-state index contributed by atoms with van der Waals surface area (Å²) in [6.07, 6.45) is 4.20. The molecule has 1 aromatic rings. The van der Waals surface area contributed by atoms with Gasteiger partial charge in [0.2, 0.25) is 5.91 Å². The van der Waals surface area contributed by atoms with E-state index in [-0.39, 0.29) is 11.7 Å². The molecule has 0 radical (unpaired) electrons. The van der Waals surface area contributed by atoms with Crippen LogP contribution >= 0.6 is 0 Å². The average Bonchev–Trinajstić information content (AvgIpc) is 3.07. The molecule has 5 heteroatoms. The Bertz CT molecular complexity index is 584. The van der Waals surface area contributed by atoms with Crippen LogP contribution in [0.4, 0.5) is 0 Å². The maximum atomic E-state index is 13.1. The minimum Gasteiger partial charge on any atom is -0.321 e. The zero-order chi connectivity index (χ0) is 16.1. The van der Waals surface area contributed by atoms with Gasteiger partial charge >= 0.3 is 0 Å². The molecule has 1 saturated heterocycles. The predicted molar refractivity (Wildman–Crippen MR) is 86.3 cm³/mol. The van der Waals surface area contributed by atoms with Crippen LogP contribution in [0.5, 0.6) is 0 Å². The number of carbonyl (C=O) groups is 1. The van der Waals surface area contributed by atoms with E-state index in [1.165, 1.54) is 5.56 Å². The van der Waals surface area contributed by atoms with Gasteiger partial charge in [0.25, 0.3) is 0 Å². The van der Waals surface area contributed by atoms with Gasteiger partial charge in [-0.05, 0) is 32.6 Å². The van der Waals surface area contributed by atoms with E-state index in [1.54, 1.807) is 0 Å². The van der Waals surface area contributed by atoms with Crippen LogP contribution in [0.2, 0.25) is 0 Å². The maximum Gasteiger partial charge on any atom is 0.244 e. The van der Waals surface area contributed by atoms with Gasteiger partial charge in [-0.1, -0.05) is 26.7 Å². The van der Waals surface area contributed by atoms with Crippen LogP contribution in [0.15, 0.2) is 0 Å². The molecule has 1 atom stereocenters. The van der Waals surface area contributed by atoms with Crippen LogP contribution in [0, 0.1) is 19.8 Å². The Morgan fingerprint density at radius 3 is 2.45 bits per heavy atom. The first-order chi connectivity index (χ1) is 10.4. The summed E-state index contributed by atoms with van der Waals surface area (Å²) in [5.41, 5.74) is 3.02. The highest BCUT2D eigenvalue weighted by molar-refractivity contribution is 5.89. The summed E-state index contributed by atoms with van der Waals surface area (Å²) in [5.74, 6) is 0.758. The fraction of sp³-hybridized carbons (Fsp3) is 0.765. The number of nitrogens with one attached hydrogen (secondary N) is 1. The molecule has 122 valence electrons. The Hall–Kier alpha value is -1.36. The molecule has 1 aromatic heterocycles. The highest BCUT2D eigenvalue weighted by Gasteiger charge is 2.53. The van der Waals surface area contributed by atoms with Crippen LogP contribution in [-0.4, -0.2) is 32.7 Å². The Kier molecular flexibility index (Phi) is 3.79. The van der Waals surface area contributed by atoms with Crippen LogP contribution in [0.3, 0.4) is 0 Å². The first kappa shape index (κ1) is 15.5. The Balaban J connectivity index is 2.02. The first-order valence-electron chi connectivity index (χ1n) is 8.44. The molecule has 2 heterocycles. The molecule has 2 aliphatic rings. The lowest BCUT2D eigenvalue weighted by atomic mass is 9.98. The second-order valence-electron chi connectivity index (χ2n) is 7.40. The third kappa shape index (κ3) is 2.26. The van der Waals surface area contributed by atoms with Crippen molar-refractivity contribution in [3.8, 4) is 0 Å². The van der Waals surface area contributed by atoms with Crippen molar-refractivity contribution in [2.24, 2.45) is 13.0 Å². The van der Waals surface area contributed by atoms with Crippen molar-refractivity contribution in [3.63, 3.8) is 0 Å². The summed E-state index contributed by atoms with van der Waals surface area (Å²) in [7, 11) is 1.97. The summed E-state index contributed by atoms with van der Waals surface area (Å²) in [6, 6.07) is 0. The Labute approximate surface area is 133 Å². The number of nitrogens with zero attached hydrogens (tertiary/aromatic N) is 3. The van der Waals surface area contributed by atoms with Gasteiger partial charge in [0.05, 0.1) is 11.2 Å². The normalized spacial score (nSPS) is 24.2. The highest BCUT2D eigenvalue weighted by atomic mass is 16.2.